The first kappa shape index (κ1) is 23.6. The Balaban J connectivity index is 1.40. The summed E-state index contributed by atoms with van der Waals surface area (Å²) >= 11 is 5.90. The number of carbonyl (C=O) groups is 2. The quantitative estimate of drug-likeness (QED) is 0.635. The van der Waals surface area contributed by atoms with E-state index in [1.165, 1.54) is 36.1 Å². The van der Waals surface area contributed by atoms with Gasteiger partial charge in [0.15, 0.2) is 0 Å². The maximum atomic E-state index is 12.5. The zero-order valence-electron chi connectivity index (χ0n) is 19.3. The molecule has 0 aliphatic carbocycles. The summed E-state index contributed by atoms with van der Waals surface area (Å²) in [5.41, 5.74) is 4.78. The lowest BCUT2D eigenvalue weighted by molar-refractivity contribution is -0.139. The molecule has 2 amide bonds. The highest BCUT2D eigenvalue weighted by Crippen LogP contribution is 2.31. The average molecular weight is 469 g/mol. The van der Waals surface area contributed by atoms with Crippen LogP contribution >= 0.6 is 11.6 Å². The van der Waals surface area contributed by atoms with Crippen LogP contribution in [0.4, 0.5) is 5.69 Å². The number of nitrogens with one attached hydrogen (secondary N) is 2. The molecule has 4 rings (SSSR count). The molecule has 0 unspecified atom stereocenters. The van der Waals surface area contributed by atoms with Gasteiger partial charge in [0.05, 0.1) is 6.04 Å². The van der Waals surface area contributed by atoms with Gasteiger partial charge in [0.25, 0.3) is 0 Å². The van der Waals surface area contributed by atoms with Gasteiger partial charge < -0.3 is 15.5 Å². The summed E-state index contributed by atoms with van der Waals surface area (Å²) in [5.74, 6) is -1.21. The lowest BCUT2D eigenvalue weighted by atomic mass is 9.95. The highest BCUT2D eigenvalue weighted by atomic mass is 35.5. The Morgan fingerprint density at radius 1 is 0.939 bits per heavy atom. The third-order valence-corrected chi connectivity index (χ3v) is 6.95. The van der Waals surface area contributed by atoms with Crippen molar-refractivity contribution in [3.63, 3.8) is 0 Å². The number of halogens is 1. The Bertz CT molecular complexity index is 973. The van der Waals surface area contributed by atoms with Gasteiger partial charge in [-0.2, -0.15) is 0 Å². The molecule has 2 aromatic carbocycles. The fraction of sp³-hybridized carbons (Fsp3) is 0.462. The second-order valence-corrected chi connectivity index (χ2v) is 9.48. The third kappa shape index (κ3) is 6.06. The molecule has 6 nitrogen and oxygen atoms in total. The van der Waals surface area contributed by atoms with Gasteiger partial charge in [0.1, 0.15) is 0 Å². The van der Waals surface area contributed by atoms with E-state index in [1.54, 1.807) is 12.1 Å². The first-order valence-electron chi connectivity index (χ1n) is 11.9. The maximum absolute atomic E-state index is 12.5. The molecule has 1 atom stereocenters. The molecular formula is C26H33ClN4O2. The third-order valence-electron chi connectivity index (χ3n) is 6.70. The van der Waals surface area contributed by atoms with Gasteiger partial charge in [0, 0.05) is 37.4 Å². The molecule has 0 radical (unpaired) electrons. The van der Waals surface area contributed by atoms with E-state index in [4.69, 9.17) is 11.6 Å². The van der Waals surface area contributed by atoms with Gasteiger partial charge in [-0.1, -0.05) is 42.3 Å². The summed E-state index contributed by atoms with van der Waals surface area (Å²) in [7, 11) is 2.14. The smallest absolute Gasteiger partial charge is 0.309 e. The van der Waals surface area contributed by atoms with Crippen LogP contribution in [0.2, 0.25) is 5.02 Å². The van der Waals surface area contributed by atoms with Crippen LogP contribution < -0.4 is 15.5 Å². The number of amides is 2. The van der Waals surface area contributed by atoms with Crippen molar-refractivity contribution < 1.29 is 9.59 Å². The van der Waals surface area contributed by atoms with Crippen molar-refractivity contribution in [1.29, 1.82) is 0 Å². The number of carbonyl (C=O) groups excluding carboxylic acids is 2. The zero-order chi connectivity index (χ0) is 23.2. The zero-order valence-corrected chi connectivity index (χ0v) is 20.0. The van der Waals surface area contributed by atoms with E-state index >= 15 is 0 Å². The minimum atomic E-state index is -0.616. The molecule has 2 heterocycles. The summed E-state index contributed by atoms with van der Waals surface area (Å²) in [6.45, 7) is 3.82. The molecule has 7 heteroatoms. The lowest BCUT2D eigenvalue weighted by Gasteiger charge is -2.36. The number of piperidine rings is 1. The number of hydrogen-bond acceptors (Lipinski definition) is 4. The molecule has 0 aromatic heterocycles. The topological polar surface area (TPSA) is 64.7 Å². The van der Waals surface area contributed by atoms with Gasteiger partial charge in [-0.25, -0.2) is 0 Å². The molecule has 33 heavy (non-hydrogen) atoms. The highest BCUT2D eigenvalue weighted by Gasteiger charge is 2.25. The summed E-state index contributed by atoms with van der Waals surface area (Å²) in [6, 6.07) is 14.0. The summed E-state index contributed by atoms with van der Waals surface area (Å²) in [4.78, 5) is 29.7. The summed E-state index contributed by atoms with van der Waals surface area (Å²) in [6.07, 6.45) is 5.82. The van der Waals surface area contributed by atoms with Crippen molar-refractivity contribution in [2.45, 2.75) is 44.7 Å². The Kier molecular flexibility index (Phi) is 7.89. The van der Waals surface area contributed by atoms with E-state index in [0.717, 1.165) is 38.0 Å². The number of likely N-dealkylation sites (tertiary alicyclic amines) is 1. The molecule has 0 spiro atoms. The molecule has 176 valence electrons. The van der Waals surface area contributed by atoms with Gasteiger partial charge in [-0.15, -0.1) is 0 Å². The minimum absolute atomic E-state index is 0.0656. The highest BCUT2D eigenvalue weighted by molar-refractivity contribution is 6.35. The molecule has 1 fully saturated rings. The number of rotatable bonds is 6. The first-order chi connectivity index (χ1) is 16.0. The number of benzene rings is 2. The Morgan fingerprint density at radius 2 is 1.67 bits per heavy atom. The predicted octanol–water partition coefficient (Wildman–Crippen LogP) is 3.68. The fourth-order valence-corrected chi connectivity index (χ4v) is 4.96. The molecule has 0 bridgehead atoms. The van der Waals surface area contributed by atoms with E-state index in [9.17, 15) is 9.59 Å². The van der Waals surface area contributed by atoms with Crippen LogP contribution in [0, 0.1) is 0 Å². The lowest BCUT2D eigenvalue weighted by Crippen LogP contribution is -2.45. The van der Waals surface area contributed by atoms with E-state index in [0.29, 0.717) is 11.6 Å². The van der Waals surface area contributed by atoms with Crippen molar-refractivity contribution in [3.8, 4) is 0 Å². The van der Waals surface area contributed by atoms with Crippen molar-refractivity contribution in [3.05, 3.63) is 64.2 Å². The minimum Gasteiger partial charge on any atom is -0.374 e. The number of nitrogens with zero attached hydrogens (tertiary/aromatic N) is 2. The van der Waals surface area contributed by atoms with E-state index < -0.39 is 11.8 Å². The summed E-state index contributed by atoms with van der Waals surface area (Å²) < 4.78 is 0. The van der Waals surface area contributed by atoms with Crippen LogP contribution in [0.25, 0.3) is 0 Å². The normalized spacial score (nSPS) is 17.2. The number of fused-ring (bicyclic) bond motifs is 1. The predicted molar refractivity (Wildman–Crippen MR) is 133 cm³/mol. The largest absolute Gasteiger partial charge is 0.374 e. The van der Waals surface area contributed by atoms with Crippen LogP contribution in [0.1, 0.15) is 48.4 Å². The molecule has 2 aromatic rings. The van der Waals surface area contributed by atoms with Crippen LogP contribution in [-0.4, -0.2) is 49.9 Å². The standard InChI is InChI=1S/C26H33ClN4O2/c1-30-13-5-6-20-16-21(9-12-23(20)30)24(31-14-3-2-4-15-31)18-29-26(33)25(32)28-17-19-7-10-22(27)11-8-19/h7-12,16,24H,2-6,13-15,17-18H2,1H3,(H,28,32)(H,29,33)/t24-/m1/s1. The number of hydrogen-bond donors (Lipinski definition) is 2. The van der Waals surface area contributed by atoms with Crippen molar-refractivity contribution in [1.82, 2.24) is 15.5 Å². The molecule has 1 saturated heterocycles. The van der Waals surface area contributed by atoms with Crippen LogP contribution in [0.5, 0.6) is 0 Å². The van der Waals surface area contributed by atoms with Crippen LogP contribution in [0.15, 0.2) is 42.5 Å². The monoisotopic (exact) mass is 468 g/mol. The van der Waals surface area contributed by atoms with Crippen LogP contribution in [-0.2, 0) is 22.6 Å². The molecular weight excluding hydrogens is 436 g/mol. The van der Waals surface area contributed by atoms with E-state index in [2.05, 4.69) is 45.7 Å². The molecule has 0 saturated carbocycles. The van der Waals surface area contributed by atoms with Crippen LogP contribution in [0.3, 0.4) is 0 Å². The van der Waals surface area contributed by atoms with Crippen molar-refractivity contribution in [2.24, 2.45) is 0 Å². The van der Waals surface area contributed by atoms with Gasteiger partial charge in [0.2, 0.25) is 0 Å². The molecule has 2 N–H and O–H groups in total. The summed E-state index contributed by atoms with van der Waals surface area (Å²) in [5, 5.41) is 6.22. The number of anilines is 1. The number of aryl methyl sites for hydroxylation is 1. The Hall–Kier alpha value is -2.57. The second-order valence-electron chi connectivity index (χ2n) is 9.04. The van der Waals surface area contributed by atoms with Gasteiger partial charge in [-0.05, 0) is 73.7 Å². The van der Waals surface area contributed by atoms with E-state index in [1.807, 2.05) is 12.1 Å². The van der Waals surface area contributed by atoms with Crippen molar-refractivity contribution >= 4 is 29.1 Å². The van der Waals surface area contributed by atoms with Gasteiger partial charge in [-0.3, -0.25) is 14.5 Å². The molecule has 2 aliphatic heterocycles. The Morgan fingerprint density at radius 3 is 2.42 bits per heavy atom. The average Bonchev–Trinajstić information content (AvgIpc) is 2.84. The second kappa shape index (κ2) is 11.0. The Labute approximate surface area is 201 Å². The fourth-order valence-electron chi connectivity index (χ4n) is 4.83. The molecule has 2 aliphatic rings. The first-order valence-corrected chi connectivity index (χ1v) is 12.3. The SMILES string of the molecule is CN1CCCc2cc([C@@H](CNC(=O)C(=O)NCc3ccc(Cl)cc3)N3CCCCC3)ccc21. The maximum Gasteiger partial charge on any atom is 0.309 e. The van der Waals surface area contributed by atoms with Gasteiger partial charge >= 0.3 is 11.8 Å². The van der Waals surface area contributed by atoms with E-state index in [-0.39, 0.29) is 12.6 Å². The van der Waals surface area contributed by atoms with Crippen molar-refractivity contribution in [2.75, 3.05) is 38.1 Å².